The van der Waals surface area contributed by atoms with Crippen LogP contribution in [-0.2, 0) is 18.3 Å². The molecule has 0 N–H and O–H groups in total. The molecule has 2 aliphatic heterocycles. The number of rotatable bonds is 10. The van der Waals surface area contributed by atoms with Crippen molar-refractivity contribution in [2.24, 2.45) is 0 Å². The molecule has 18 heavy (non-hydrogen) atoms. The molecule has 2 rings (SSSR count). The quantitative estimate of drug-likeness (QED) is 0.437. The van der Waals surface area contributed by atoms with Gasteiger partial charge in [-0.2, -0.15) is 0 Å². The fourth-order valence-corrected chi connectivity index (χ4v) is 3.47. The van der Waals surface area contributed by atoms with Crippen molar-refractivity contribution in [2.75, 3.05) is 47.1 Å². The number of nitrogens with zero attached hydrogens (tertiary/aromatic N) is 1. The Labute approximate surface area is 111 Å². The Morgan fingerprint density at radius 3 is 2.00 bits per heavy atom. The molecule has 2 unspecified atom stereocenters. The van der Waals surface area contributed by atoms with E-state index in [0.29, 0.717) is 12.2 Å². The highest BCUT2D eigenvalue weighted by Crippen LogP contribution is 2.18. The molecule has 0 aromatic heterocycles. The van der Waals surface area contributed by atoms with E-state index in [-0.39, 0.29) is 0 Å². The Morgan fingerprint density at radius 1 is 1.11 bits per heavy atom. The van der Waals surface area contributed by atoms with E-state index < -0.39 is 8.56 Å². The summed E-state index contributed by atoms with van der Waals surface area (Å²) in [6.07, 6.45) is 2.03. The molecule has 0 aromatic carbocycles. The molecular weight excluding hydrogens is 250 g/mol. The van der Waals surface area contributed by atoms with E-state index >= 15 is 0 Å². The minimum atomic E-state index is -1.90. The van der Waals surface area contributed by atoms with Crippen molar-refractivity contribution in [3.63, 3.8) is 0 Å². The first-order valence-corrected chi connectivity index (χ1v) is 9.23. The Balaban J connectivity index is 1.66. The molecular formula is C12H25NO4Si. The predicted octanol–water partition coefficient (Wildman–Crippen LogP) is 0.841. The molecule has 106 valence electrons. The first-order chi connectivity index (χ1) is 8.65. The van der Waals surface area contributed by atoms with Crippen LogP contribution in [-0.4, -0.2) is 72.7 Å². The molecule has 0 spiro atoms. The Kier molecular flexibility index (Phi) is 5.17. The van der Waals surface area contributed by atoms with Crippen LogP contribution in [0.1, 0.15) is 6.42 Å². The van der Waals surface area contributed by atoms with Crippen LogP contribution in [0, 0.1) is 0 Å². The lowest BCUT2D eigenvalue weighted by atomic mass is 10.3. The average molecular weight is 275 g/mol. The van der Waals surface area contributed by atoms with E-state index in [1.807, 2.05) is 0 Å². The molecule has 2 saturated heterocycles. The van der Waals surface area contributed by atoms with Crippen LogP contribution in [0.5, 0.6) is 0 Å². The molecule has 2 fully saturated rings. The van der Waals surface area contributed by atoms with Crippen LogP contribution in [0.25, 0.3) is 0 Å². The van der Waals surface area contributed by atoms with Gasteiger partial charge in [-0.1, -0.05) is 0 Å². The Bertz CT molecular complexity index is 240. The molecule has 0 amide bonds. The molecule has 0 saturated carbocycles. The van der Waals surface area contributed by atoms with Crippen LogP contribution < -0.4 is 0 Å². The molecule has 6 heteroatoms. The highest BCUT2D eigenvalue weighted by Gasteiger charge is 2.32. The summed E-state index contributed by atoms with van der Waals surface area (Å²) in [6.45, 7) is 7.12. The predicted molar refractivity (Wildman–Crippen MR) is 71.0 cm³/mol. The maximum absolute atomic E-state index is 5.50. The van der Waals surface area contributed by atoms with Crippen LogP contribution in [0.4, 0.5) is 0 Å². The summed E-state index contributed by atoms with van der Waals surface area (Å²) in [5.74, 6) is 0. The van der Waals surface area contributed by atoms with Gasteiger partial charge in [0.2, 0.25) is 0 Å². The zero-order valence-electron chi connectivity index (χ0n) is 11.7. The van der Waals surface area contributed by atoms with Gasteiger partial charge in [0.1, 0.15) is 0 Å². The number of hydrogen-bond acceptors (Lipinski definition) is 5. The van der Waals surface area contributed by atoms with Gasteiger partial charge in [-0.05, 0) is 25.6 Å². The molecule has 0 radical (unpaired) electrons. The average Bonchev–Trinajstić information content (AvgIpc) is 3.24. The monoisotopic (exact) mass is 275 g/mol. The van der Waals surface area contributed by atoms with Crippen molar-refractivity contribution >= 4 is 8.56 Å². The maximum Gasteiger partial charge on any atom is 0.334 e. The SMILES string of the molecule is CO[Si](C)(CCCN(CC1CO1)CC1CO1)OC. The lowest BCUT2D eigenvalue weighted by Gasteiger charge is -2.25. The van der Waals surface area contributed by atoms with Gasteiger partial charge in [-0.15, -0.1) is 0 Å². The van der Waals surface area contributed by atoms with E-state index in [4.69, 9.17) is 18.3 Å². The van der Waals surface area contributed by atoms with Crippen molar-refractivity contribution in [3.05, 3.63) is 0 Å². The van der Waals surface area contributed by atoms with Crippen molar-refractivity contribution in [1.29, 1.82) is 0 Å². The maximum atomic E-state index is 5.50. The van der Waals surface area contributed by atoms with E-state index in [9.17, 15) is 0 Å². The zero-order valence-corrected chi connectivity index (χ0v) is 12.7. The van der Waals surface area contributed by atoms with Crippen molar-refractivity contribution in [2.45, 2.75) is 31.2 Å². The summed E-state index contributed by atoms with van der Waals surface area (Å²) in [5, 5.41) is 0. The lowest BCUT2D eigenvalue weighted by Crippen LogP contribution is -2.38. The highest BCUT2D eigenvalue weighted by atomic mass is 28.4. The van der Waals surface area contributed by atoms with Crippen LogP contribution in [0.3, 0.4) is 0 Å². The fraction of sp³-hybridized carbons (Fsp3) is 1.00. The smallest absolute Gasteiger partial charge is 0.334 e. The Hall–Kier alpha value is 0.0169. The van der Waals surface area contributed by atoms with Crippen molar-refractivity contribution in [1.82, 2.24) is 4.90 Å². The topological polar surface area (TPSA) is 46.8 Å². The summed E-state index contributed by atoms with van der Waals surface area (Å²) in [5.41, 5.74) is 0. The molecule has 2 heterocycles. The summed E-state index contributed by atoms with van der Waals surface area (Å²) in [4.78, 5) is 2.45. The minimum Gasteiger partial charge on any atom is -0.398 e. The standard InChI is InChI=1S/C12H25NO4Si/c1-14-18(3,15-2)6-4-5-13(7-11-9-16-11)8-12-10-17-12/h11-12H,4-10H2,1-3H3. The van der Waals surface area contributed by atoms with Crippen LogP contribution in [0.15, 0.2) is 0 Å². The Morgan fingerprint density at radius 2 is 1.61 bits per heavy atom. The highest BCUT2D eigenvalue weighted by molar-refractivity contribution is 6.65. The second kappa shape index (κ2) is 6.45. The third-order valence-electron chi connectivity index (χ3n) is 3.70. The fourth-order valence-electron chi connectivity index (χ4n) is 2.09. The summed E-state index contributed by atoms with van der Waals surface area (Å²) in [7, 11) is 1.61. The summed E-state index contributed by atoms with van der Waals surface area (Å²) in [6, 6.07) is 1.04. The van der Waals surface area contributed by atoms with Gasteiger partial charge in [0, 0.05) is 27.3 Å². The van der Waals surface area contributed by atoms with E-state index in [1.54, 1.807) is 14.2 Å². The van der Waals surface area contributed by atoms with Crippen molar-refractivity contribution in [3.8, 4) is 0 Å². The minimum absolute atomic E-state index is 0.456. The molecule has 2 atom stereocenters. The first kappa shape index (κ1) is 14.4. The molecule has 5 nitrogen and oxygen atoms in total. The van der Waals surface area contributed by atoms with Gasteiger partial charge in [0.15, 0.2) is 0 Å². The summed E-state index contributed by atoms with van der Waals surface area (Å²) >= 11 is 0. The number of hydrogen-bond donors (Lipinski definition) is 0. The van der Waals surface area contributed by atoms with Gasteiger partial charge in [0.05, 0.1) is 25.4 Å². The third kappa shape index (κ3) is 4.95. The normalized spacial score (nSPS) is 26.7. The van der Waals surface area contributed by atoms with Crippen molar-refractivity contribution < 1.29 is 18.3 Å². The number of ether oxygens (including phenoxy) is 2. The number of epoxide rings is 2. The summed E-state index contributed by atoms with van der Waals surface area (Å²) < 4.78 is 21.6. The van der Waals surface area contributed by atoms with E-state index in [2.05, 4.69) is 11.4 Å². The van der Waals surface area contributed by atoms with Gasteiger partial charge >= 0.3 is 8.56 Å². The molecule has 0 aliphatic carbocycles. The van der Waals surface area contributed by atoms with Gasteiger partial charge < -0.3 is 18.3 Å². The first-order valence-electron chi connectivity index (χ1n) is 6.71. The molecule has 0 bridgehead atoms. The molecule has 2 aliphatic rings. The molecule has 0 aromatic rings. The van der Waals surface area contributed by atoms with Crippen LogP contribution in [0.2, 0.25) is 12.6 Å². The largest absolute Gasteiger partial charge is 0.398 e. The van der Waals surface area contributed by atoms with E-state index in [0.717, 1.165) is 45.3 Å². The lowest BCUT2D eigenvalue weighted by molar-refractivity contribution is 0.212. The zero-order chi connectivity index (χ0) is 13.0. The third-order valence-corrected chi connectivity index (χ3v) is 6.69. The second-order valence-corrected chi connectivity index (χ2v) is 8.90. The van der Waals surface area contributed by atoms with Gasteiger partial charge in [0.25, 0.3) is 0 Å². The van der Waals surface area contributed by atoms with E-state index in [1.165, 1.54) is 0 Å². The van der Waals surface area contributed by atoms with Gasteiger partial charge in [-0.3, -0.25) is 4.90 Å². The van der Waals surface area contributed by atoms with Crippen LogP contribution >= 0.6 is 0 Å². The van der Waals surface area contributed by atoms with Gasteiger partial charge in [-0.25, -0.2) is 0 Å². The second-order valence-electron chi connectivity index (χ2n) is 5.32.